The van der Waals surface area contributed by atoms with E-state index in [1.807, 2.05) is 0 Å². The van der Waals surface area contributed by atoms with Gasteiger partial charge in [-0.3, -0.25) is 0 Å². The fourth-order valence-corrected chi connectivity index (χ4v) is 10.8. The minimum atomic E-state index is -5.83. The van der Waals surface area contributed by atoms with Crippen LogP contribution in [0.15, 0.2) is 48.5 Å². The molecule has 2 rings (SSSR count). The van der Waals surface area contributed by atoms with Gasteiger partial charge in [-0.25, -0.2) is 13.6 Å². The smallest absolute Gasteiger partial charge is 0.460 e. The first-order valence-corrected chi connectivity index (χ1v) is 17.9. The second-order valence-electron chi connectivity index (χ2n) is 8.52. The molecule has 2 aromatic carbocycles. The van der Waals surface area contributed by atoms with Crippen LogP contribution in [0.5, 0.6) is 0 Å². The average molecular weight is 739 g/mol. The van der Waals surface area contributed by atoms with Gasteiger partial charge >= 0.3 is 41.6 Å². The van der Waals surface area contributed by atoms with Gasteiger partial charge in [0, 0.05) is 17.5 Å². The normalized spacial score (nSPS) is 12.2. The predicted molar refractivity (Wildman–Crippen MR) is 136 cm³/mol. The van der Waals surface area contributed by atoms with E-state index in [2.05, 4.69) is 20.7 Å². The van der Waals surface area contributed by atoms with E-state index in [0.29, 0.717) is 12.8 Å². The van der Waals surface area contributed by atoms with Gasteiger partial charge in [0.05, 0.1) is 6.61 Å². The fraction of sp³-hybridized carbons (Fsp3) is 0.500. The highest BCUT2D eigenvalue weighted by molar-refractivity contribution is 9.09. The Hall–Kier alpha value is -1.25. The number of alkyl halides is 3. The molecule has 0 heterocycles. The Bertz CT molecular complexity index is 1070. The van der Waals surface area contributed by atoms with Crippen molar-refractivity contribution in [1.82, 2.24) is 0 Å². The number of hydrogen-bond acceptors (Lipinski definition) is 5. The molecule has 0 aliphatic rings. The van der Waals surface area contributed by atoms with E-state index < -0.39 is 53.2 Å². The fourth-order valence-electron chi connectivity index (χ4n) is 3.42. The zero-order chi connectivity index (χ0) is 28.0. The highest BCUT2D eigenvalue weighted by Gasteiger charge is 2.60. The van der Waals surface area contributed by atoms with Crippen LogP contribution in [0.4, 0.5) is 17.6 Å². The Kier molecular flexibility index (Phi) is 14.5. The number of esters is 1. The lowest BCUT2D eigenvalue weighted by Gasteiger charge is -2.14. The van der Waals surface area contributed by atoms with Gasteiger partial charge in [0.1, 0.15) is 11.6 Å². The van der Waals surface area contributed by atoms with Crippen LogP contribution >= 0.6 is 15.9 Å². The van der Waals surface area contributed by atoms with Gasteiger partial charge in [0.15, 0.2) is 7.14 Å². The lowest BCUT2D eigenvalue weighted by Crippen LogP contribution is -3.85. The summed E-state index contributed by atoms with van der Waals surface area (Å²) in [5.41, 5.74) is 0. The van der Waals surface area contributed by atoms with Crippen molar-refractivity contribution < 1.29 is 58.3 Å². The molecule has 213 valence electrons. The zero-order valence-electron chi connectivity index (χ0n) is 20.8. The molecule has 0 spiro atoms. The van der Waals surface area contributed by atoms with E-state index in [4.69, 9.17) is 2.51 Å². The highest BCUT2D eigenvalue weighted by Crippen LogP contribution is 2.24. The number of rotatable bonds is 18. The molecule has 0 amide bonds. The molecule has 38 heavy (non-hydrogen) atoms. The number of carbonyl (C=O) groups is 1. The van der Waals surface area contributed by atoms with Gasteiger partial charge in [-0.15, -0.1) is 0 Å². The molecule has 1 radical (unpaired) electrons. The molecule has 0 unspecified atom stereocenters. The van der Waals surface area contributed by atoms with E-state index in [1.165, 1.54) is 49.9 Å². The predicted octanol–water partition coefficient (Wildman–Crippen LogP) is 4.32. The van der Waals surface area contributed by atoms with E-state index >= 15 is 0 Å². The van der Waals surface area contributed by atoms with Crippen LogP contribution in [-0.4, -0.2) is 31.6 Å². The minimum absolute atomic E-state index is 0.00789. The summed E-state index contributed by atoms with van der Waals surface area (Å²) in [7, 11) is -5.83. The molecule has 0 aromatic heterocycles. The number of halogens is 6. The van der Waals surface area contributed by atoms with Gasteiger partial charge in [-0.1, -0.05) is 79.4 Å². The zero-order valence-corrected chi connectivity index (χ0v) is 25.4. The first-order valence-electron chi connectivity index (χ1n) is 12.3. The topological polar surface area (TPSA) is 69.7 Å². The Morgan fingerprint density at radius 2 is 1.24 bits per heavy atom. The van der Waals surface area contributed by atoms with Crippen LogP contribution in [0.2, 0.25) is 0 Å². The van der Waals surface area contributed by atoms with Crippen molar-refractivity contribution in [3.8, 4) is 0 Å². The SMILES string of the molecule is O=C(OCCCCCCCCCCCCBr)C(F)(F)S(=O)(=O)O[I+](c1cccc(F)c1)c1cccc(F)c1. The summed E-state index contributed by atoms with van der Waals surface area (Å²) in [4.78, 5) is 12.0. The minimum Gasteiger partial charge on any atom is -0.460 e. The van der Waals surface area contributed by atoms with Crippen molar-refractivity contribution in [1.29, 1.82) is 0 Å². The maximum atomic E-state index is 14.7. The number of unbranched alkanes of at least 4 members (excludes halogenated alkanes) is 9. The molecule has 0 atom stereocenters. The molecular formula is C26H32BrF4IO5S+. The molecule has 0 aliphatic carbocycles. The van der Waals surface area contributed by atoms with E-state index in [9.17, 15) is 30.8 Å². The van der Waals surface area contributed by atoms with Crippen LogP contribution in [0.3, 0.4) is 0 Å². The maximum Gasteiger partial charge on any atom is 0.469 e. The van der Waals surface area contributed by atoms with Gasteiger partial charge in [-0.2, -0.15) is 17.2 Å². The molecule has 5 nitrogen and oxygen atoms in total. The number of benzene rings is 2. The largest absolute Gasteiger partial charge is 0.469 e. The summed E-state index contributed by atoms with van der Waals surface area (Å²) in [6.07, 6.45) is 9.79. The van der Waals surface area contributed by atoms with Crippen molar-refractivity contribution in [2.75, 3.05) is 11.9 Å². The summed E-state index contributed by atoms with van der Waals surface area (Å²) < 4.78 is 91.3. The third kappa shape index (κ3) is 10.7. The van der Waals surface area contributed by atoms with E-state index in [0.717, 1.165) is 55.3 Å². The van der Waals surface area contributed by atoms with Gasteiger partial charge in [0.2, 0.25) is 0 Å². The van der Waals surface area contributed by atoms with Crippen molar-refractivity contribution in [2.24, 2.45) is 0 Å². The quantitative estimate of drug-likeness (QED) is 0.0750. The molecule has 12 heteroatoms. The molecular weight excluding hydrogens is 707 g/mol. The second kappa shape index (κ2) is 16.8. The standard InChI is InChI=1S/C26H32BrF4IO5S/c27-17-9-7-5-3-1-2-4-6-8-10-18-36-25(33)26(30,31)38(34,35)37-32(23-15-11-13-21(28)19-23)24-16-12-14-22(29)20-24/h11-16,19-20H,1-10,17-18H2/q+1. The summed E-state index contributed by atoms with van der Waals surface area (Å²) in [6, 6.07) is 9.14. The van der Waals surface area contributed by atoms with Crippen LogP contribution in [0, 0.1) is 18.8 Å². The molecule has 0 N–H and O–H groups in total. The van der Waals surface area contributed by atoms with Crippen LogP contribution in [-0.2, 0) is 22.2 Å². The maximum absolute atomic E-state index is 14.7. The van der Waals surface area contributed by atoms with Crippen LogP contribution in [0.25, 0.3) is 0 Å². The van der Waals surface area contributed by atoms with E-state index in [1.54, 1.807) is 0 Å². The van der Waals surface area contributed by atoms with Gasteiger partial charge in [0.25, 0.3) is 0 Å². The average Bonchev–Trinajstić information content (AvgIpc) is 2.87. The lowest BCUT2D eigenvalue weighted by molar-refractivity contribution is -1.03. The first-order chi connectivity index (χ1) is 18.1. The Morgan fingerprint density at radius 1 is 0.789 bits per heavy atom. The van der Waals surface area contributed by atoms with E-state index in [-0.39, 0.29) is 13.7 Å². The third-order valence-corrected chi connectivity index (χ3v) is 13.2. The summed E-state index contributed by atoms with van der Waals surface area (Å²) in [5, 5.41) is -3.97. The van der Waals surface area contributed by atoms with Crippen LogP contribution < -0.4 is 20.2 Å². The lowest BCUT2D eigenvalue weighted by atomic mass is 10.1. The Balaban J connectivity index is 1.90. The first kappa shape index (κ1) is 33.0. The summed E-state index contributed by atoms with van der Waals surface area (Å²) in [6.45, 7) is -0.355. The van der Waals surface area contributed by atoms with Crippen molar-refractivity contribution in [2.45, 2.75) is 69.5 Å². The monoisotopic (exact) mass is 738 g/mol. The van der Waals surface area contributed by atoms with Crippen molar-refractivity contribution >= 4 is 32.0 Å². The number of hydrogen-bond donors (Lipinski definition) is 0. The molecule has 0 bridgehead atoms. The third-order valence-electron chi connectivity index (χ3n) is 5.43. The second-order valence-corrected chi connectivity index (χ2v) is 15.9. The molecule has 0 saturated carbocycles. The summed E-state index contributed by atoms with van der Waals surface area (Å²) >= 11 is -0.414. The molecule has 0 saturated heterocycles. The summed E-state index contributed by atoms with van der Waals surface area (Å²) in [5.74, 6) is -3.74. The van der Waals surface area contributed by atoms with Crippen LogP contribution in [0.1, 0.15) is 64.2 Å². The van der Waals surface area contributed by atoms with Crippen molar-refractivity contribution in [3.63, 3.8) is 0 Å². The van der Waals surface area contributed by atoms with Crippen molar-refractivity contribution in [3.05, 3.63) is 67.3 Å². The number of ether oxygens (including phenoxy) is 1. The van der Waals surface area contributed by atoms with Gasteiger partial charge in [-0.05, 0) is 39.6 Å². The molecule has 0 aliphatic heterocycles. The van der Waals surface area contributed by atoms with Gasteiger partial charge < -0.3 is 4.74 Å². The Labute approximate surface area is 237 Å². The molecule has 2 aromatic rings. The highest BCUT2D eigenvalue weighted by atomic mass is 127. The Morgan fingerprint density at radius 3 is 1.68 bits per heavy atom. The number of carbonyl (C=O) groups excluding carboxylic acids is 1. The molecule has 0 fully saturated rings.